The van der Waals surface area contributed by atoms with Crippen molar-refractivity contribution in [3.63, 3.8) is 0 Å². The van der Waals surface area contributed by atoms with E-state index in [2.05, 4.69) is 9.97 Å². The molecule has 2 N–H and O–H groups in total. The molecule has 34 heavy (non-hydrogen) atoms. The SMILES string of the molecule is O=C1c2ccc3[nH]c4c(ccc5c(=O)c6ccccc6c(=O)c54)[nH]c3c2C(=O)C2C=CC=CC12. The smallest absolute Gasteiger partial charge is 0.196 e. The lowest BCUT2D eigenvalue weighted by Crippen LogP contribution is -2.35. The summed E-state index contributed by atoms with van der Waals surface area (Å²) >= 11 is 0. The fraction of sp³-hybridized carbons (Fsp3) is 0.0714. The van der Waals surface area contributed by atoms with Crippen LogP contribution in [-0.2, 0) is 0 Å². The number of fused-ring (bicyclic) bond motifs is 8. The summed E-state index contributed by atoms with van der Waals surface area (Å²) < 4.78 is 0. The molecule has 1 aromatic heterocycles. The van der Waals surface area contributed by atoms with Crippen LogP contribution in [0.1, 0.15) is 20.7 Å². The zero-order valence-electron chi connectivity index (χ0n) is 17.7. The number of Topliss-reactive ketones (excluding diaryl/α,β-unsaturated/α-hetero) is 2. The maximum absolute atomic E-state index is 13.4. The number of aromatic amines is 2. The van der Waals surface area contributed by atoms with E-state index < -0.39 is 11.8 Å². The molecule has 162 valence electrons. The Balaban J connectivity index is 1.60. The van der Waals surface area contributed by atoms with Crippen molar-refractivity contribution in [1.82, 2.24) is 9.97 Å². The minimum atomic E-state index is -0.529. The number of nitrogens with one attached hydrogen (secondary N) is 2. The average Bonchev–Trinajstić information content (AvgIpc) is 2.88. The van der Waals surface area contributed by atoms with Crippen LogP contribution in [0.5, 0.6) is 0 Å². The summed E-state index contributed by atoms with van der Waals surface area (Å²) in [5.74, 6) is -1.21. The fourth-order valence-corrected chi connectivity index (χ4v) is 5.44. The van der Waals surface area contributed by atoms with Crippen molar-refractivity contribution in [1.29, 1.82) is 0 Å². The average molecular weight is 444 g/mol. The molecule has 0 bridgehead atoms. The molecular weight excluding hydrogens is 428 g/mol. The van der Waals surface area contributed by atoms with Gasteiger partial charge in [0.15, 0.2) is 22.4 Å². The minimum Gasteiger partial charge on any atom is -0.351 e. The highest BCUT2D eigenvalue weighted by atomic mass is 16.1. The van der Waals surface area contributed by atoms with E-state index in [1.54, 1.807) is 72.8 Å². The molecule has 0 fully saturated rings. The van der Waals surface area contributed by atoms with Gasteiger partial charge in [-0.25, -0.2) is 0 Å². The van der Waals surface area contributed by atoms with E-state index >= 15 is 0 Å². The molecule has 7 rings (SSSR count). The van der Waals surface area contributed by atoms with Gasteiger partial charge in [-0.15, -0.1) is 0 Å². The normalized spacial score (nSPS) is 19.3. The number of aromatic nitrogens is 2. The minimum absolute atomic E-state index is 0.0848. The van der Waals surface area contributed by atoms with E-state index in [1.165, 1.54) is 0 Å². The van der Waals surface area contributed by atoms with Gasteiger partial charge >= 0.3 is 0 Å². The van der Waals surface area contributed by atoms with Crippen molar-refractivity contribution in [3.05, 3.63) is 104 Å². The fourth-order valence-electron chi connectivity index (χ4n) is 5.44. The summed E-state index contributed by atoms with van der Waals surface area (Å²) in [6.45, 7) is 0. The van der Waals surface area contributed by atoms with Gasteiger partial charge in [0.25, 0.3) is 0 Å². The van der Waals surface area contributed by atoms with E-state index in [0.29, 0.717) is 54.7 Å². The highest BCUT2D eigenvalue weighted by Gasteiger charge is 2.40. The van der Waals surface area contributed by atoms with Crippen molar-refractivity contribution in [2.75, 3.05) is 0 Å². The third kappa shape index (κ3) is 2.29. The van der Waals surface area contributed by atoms with E-state index in [0.717, 1.165) is 0 Å². The van der Waals surface area contributed by atoms with Gasteiger partial charge in [-0.05, 0) is 24.3 Å². The first-order valence-corrected chi connectivity index (χ1v) is 11.0. The monoisotopic (exact) mass is 444 g/mol. The third-order valence-corrected chi connectivity index (χ3v) is 7.07. The Labute approximate surface area is 191 Å². The summed E-state index contributed by atoms with van der Waals surface area (Å²) in [5, 5.41) is 1.41. The molecule has 2 atom stereocenters. The van der Waals surface area contributed by atoms with Gasteiger partial charge in [-0.1, -0.05) is 48.6 Å². The summed E-state index contributed by atoms with van der Waals surface area (Å²) in [5.41, 5.74) is 2.47. The predicted molar refractivity (Wildman–Crippen MR) is 132 cm³/mol. The number of carbonyl (C=O) groups excluding carboxylic acids is 2. The van der Waals surface area contributed by atoms with Gasteiger partial charge in [0.05, 0.1) is 44.9 Å². The third-order valence-electron chi connectivity index (χ3n) is 7.07. The van der Waals surface area contributed by atoms with E-state index in [4.69, 9.17) is 0 Å². The van der Waals surface area contributed by atoms with Gasteiger partial charge < -0.3 is 9.97 Å². The Morgan fingerprint density at radius 2 is 1.21 bits per heavy atom. The highest BCUT2D eigenvalue weighted by Crippen LogP contribution is 2.37. The van der Waals surface area contributed by atoms with Gasteiger partial charge in [0, 0.05) is 21.7 Å². The van der Waals surface area contributed by atoms with Crippen LogP contribution in [0.15, 0.2) is 82.4 Å². The predicted octanol–water partition coefficient (Wildman–Crippen LogP) is 4.41. The zero-order valence-corrected chi connectivity index (χ0v) is 17.7. The maximum Gasteiger partial charge on any atom is 0.196 e. The van der Waals surface area contributed by atoms with Crippen molar-refractivity contribution < 1.29 is 9.59 Å². The second-order valence-electron chi connectivity index (χ2n) is 8.83. The number of rotatable bonds is 0. The molecule has 0 amide bonds. The molecule has 2 aliphatic carbocycles. The molecule has 0 saturated heterocycles. The van der Waals surface area contributed by atoms with Gasteiger partial charge in [0.1, 0.15) is 0 Å². The zero-order chi connectivity index (χ0) is 23.1. The second-order valence-corrected chi connectivity index (χ2v) is 8.83. The van der Waals surface area contributed by atoms with Crippen molar-refractivity contribution in [2.24, 2.45) is 11.8 Å². The standard InChI is InChI=1S/C28H16N2O4/c31-25-13-5-1-3-7-15(13)27(33)21-17(25)9-11-19-23(21)29-20-12-10-18-22(24(20)30-19)28(34)16-8-4-2-6-14(16)26(18)32/h1-13,15,29-30H. The largest absolute Gasteiger partial charge is 0.351 e. The highest BCUT2D eigenvalue weighted by molar-refractivity contribution is 6.23. The van der Waals surface area contributed by atoms with Gasteiger partial charge in [-0.2, -0.15) is 0 Å². The molecule has 6 nitrogen and oxygen atoms in total. The van der Waals surface area contributed by atoms with Crippen LogP contribution in [0, 0.1) is 11.8 Å². The molecule has 4 aromatic carbocycles. The van der Waals surface area contributed by atoms with Crippen LogP contribution < -0.4 is 10.9 Å². The van der Waals surface area contributed by atoms with Gasteiger partial charge in [0.2, 0.25) is 0 Å². The Morgan fingerprint density at radius 1 is 0.588 bits per heavy atom. The Hall–Kier alpha value is -4.58. The van der Waals surface area contributed by atoms with Crippen LogP contribution in [0.2, 0.25) is 0 Å². The molecule has 0 spiro atoms. The van der Waals surface area contributed by atoms with E-state index in [9.17, 15) is 19.2 Å². The number of ketones is 2. The quantitative estimate of drug-likeness (QED) is 0.273. The van der Waals surface area contributed by atoms with E-state index in [1.807, 2.05) is 0 Å². The van der Waals surface area contributed by atoms with Crippen molar-refractivity contribution >= 4 is 55.2 Å². The molecule has 0 aliphatic heterocycles. The first kappa shape index (κ1) is 18.9. The lowest BCUT2D eigenvalue weighted by molar-refractivity contribution is 0.0803. The number of hydrogen-bond acceptors (Lipinski definition) is 4. The molecule has 2 aliphatic rings. The number of hydrogen-bond donors (Lipinski definition) is 2. The van der Waals surface area contributed by atoms with E-state index in [-0.39, 0.29) is 22.4 Å². The van der Waals surface area contributed by atoms with Crippen LogP contribution >= 0.6 is 0 Å². The molecule has 0 radical (unpaired) electrons. The summed E-state index contributed by atoms with van der Waals surface area (Å²) in [4.78, 5) is 59.6. The second kappa shape index (κ2) is 6.48. The molecule has 5 aromatic rings. The molecule has 2 unspecified atom stereocenters. The molecule has 6 heteroatoms. The molecular formula is C28H16N2O4. The Bertz CT molecular complexity index is 1960. The number of H-pyrrole nitrogens is 2. The summed E-state index contributed by atoms with van der Waals surface area (Å²) in [7, 11) is 0. The van der Waals surface area contributed by atoms with Crippen LogP contribution in [0.3, 0.4) is 0 Å². The number of allylic oxidation sites excluding steroid dienone is 4. The summed E-state index contributed by atoms with van der Waals surface area (Å²) in [6, 6.07) is 13.6. The number of carbonyl (C=O) groups is 2. The van der Waals surface area contributed by atoms with Crippen LogP contribution in [0.25, 0.3) is 43.6 Å². The molecule has 1 heterocycles. The lowest BCUT2D eigenvalue weighted by Gasteiger charge is -2.29. The van der Waals surface area contributed by atoms with Crippen molar-refractivity contribution in [3.8, 4) is 0 Å². The molecule has 0 saturated carbocycles. The number of benzene rings is 4. The summed E-state index contributed by atoms with van der Waals surface area (Å²) in [6.07, 6.45) is 7.14. The lowest BCUT2D eigenvalue weighted by atomic mass is 9.72. The van der Waals surface area contributed by atoms with Crippen LogP contribution in [-0.4, -0.2) is 21.5 Å². The first-order valence-electron chi connectivity index (χ1n) is 11.0. The Kier molecular flexibility index (Phi) is 3.61. The Morgan fingerprint density at radius 3 is 1.97 bits per heavy atom. The first-order chi connectivity index (χ1) is 16.5. The van der Waals surface area contributed by atoms with Crippen molar-refractivity contribution in [2.45, 2.75) is 0 Å². The maximum atomic E-state index is 13.4. The van der Waals surface area contributed by atoms with Crippen LogP contribution in [0.4, 0.5) is 0 Å². The van der Waals surface area contributed by atoms with Gasteiger partial charge in [-0.3, -0.25) is 19.2 Å². The topological polar surface area (TPSA) is 99.9 Å².